The maximum atomic E-state index is 11.9. The molecule has 0 aliphatic carbocycles. The number of hydrogen-bond donors (Lipinski definition) is 1. The predicted octanol–water partition coefficient (Wildman–Crippen LogP) is 1.91. The van der Waals surface area contributed by atoms with E-state index < -0.39 is 0 Å². The highest BCUT2D eigenvalue weighted by Gasteiger charge is 2.15. The lowest BCUT2D eigenvalue weighted by molar-refractivity contribution is -0.129. The number of nitrogens with zero attached hydrogens (tertiary/aromatic N) is 2. The van der Waals surface area contributed by atoms with E-state index in [4.69, 9.17) is 5.73 Å². The minimum atomic E-state index is 0.253. The van der Waals surface area contributed by atoms with Crippen LogP contribution >= 0.6 is 11.8 Å². The van der Waals surface area contributed by atoms with Crippen molar-refractivity contribution in [1.82, 2.24) is 9.88 Å². The third kappa shape index (κ3) is 3.91. The van der Waals surface area contributed by atoms with E-state index >= 15 is 0 Å². The first kappa shape index (κ1) is 13.2. The SMILES string of the molecule is Nc1cccc(CSCC(=O)N2CCCCC2)n1. The molecule has 0 atom stereocenters. The third-order valence-corrected chi connectivity index (χ3v) is 3.96. The molecule has 5 heteroatoms. The van der Waals surface area contributed by atoms with Crippen molar-refractivity contribution in [3.05, 3.63) is 23.9 Å². The number of likely N-dealkylation sites (tertiary alicyclic amines) is 1. The Balaban J connectivity index is 1.73. The molecular weight excluding hydrogens is 246 g/mol. The van der Waals surface area contributed by atoms with Crippen LogP contribution in [0.1, 0.15) is 25.0 Å². The largest absolute Gasteiger partial charge is 0.384 e. The molecule has 0 spiro atoms. The van der Waals surface area contributed by atoms with Crippen molar-refractivity contribution in [3.8, 4) is 0 Å². The van der Waals surface area contributed by atoms with Crippen molar-refractivity contribution >= 4 is 23.5 Å². The van der Waals surface area contributed by atoms with E-state index in [1.807, 2.05) is 17.0 Å². The van der Waals surface area contributed by atoms with Crippen molar-refractivity contribution in [2.75, 3.05) is 24.6 Å². The summed E-state index contributed by atoms with van der Waals surface area (Å²) in [5, 5.41) is 0. The Morgan fingerprint density at radius 1 is 1.33 bits per heavy atom. The maximum absolute atomic E-state index is 11.9. The number of hydrogen-bond acceptors (Lipinski definition) is 4. The van der Waals surface area contributed by atoms with Crippen LogP contribution in [0.5, 0.6) is 0 Å². The lowest BCUT2D eigenvalue weighted by atomic mass is 10.1. The van der Waals surface area contributed by atoms with Crippen LogP contribution in [0.3, 0.4) is 0 Å². The number of carbonyl (C=O) groups is 1. The number of rotatable bonds is 4. The van der Waals surface area contributed by atoms with E-state index in [2.05, 4.69) is 4.98 Å². The van der Waals surface area contributed by atoms with Gasteiger partial charge in [0.1, 0.15) is 5.82 Å². The fourth-order valence-electron chi connectivity index (χ4n) is 2.06. The predicted molar refractivity (Wildman–Crippen MR) is 75.2 cm³/mol. The van der Waals surface area contributed by atoms with Gasteiger partial charge in [-0.05, 0) is 31.4 Å². The van der Waals surface area contributed by atoms with Crippen LogP contribution in [0.15, 0.2) is 18.2 Å². The van der Waals surface area contributed by atoms with Crippen LogP contribution in [0, 0.1) is 0 Å². The van der Waals surface area contributed by atoms with Crippen molar-refractivity contribution < 1.29 is 4.79 Å². The number of thioether (sulfide) groups is 1. The summed E-state index contributed by atoms with van der Waals surface area (Å²) < 4.78 is 0. The second-order valence-corrected chi connectivity index (χ2v) is 5.47. The second-order valence-electron chi connectivity index (χ2n) is 4.49. The molecule has 4 nitrogen and oxygen atoms in total. The zero-order valence-electron chi connectivity index (χ0n) is 10.5. The standard InChI is InChI=1S/C13H19N3OS/c14-12-6-4-5-11(15-12)9-18-10-13(17)16-7-2-1-3-8-16/h4-6H,1-3,7-10H2,(H2,14,15). The average Bonchev–Trinajstić information content (AvgIpc) is 2.40. The monoisotopic (exact) mass is 265 g/mol. The van der Waals surface area contributed by atoms with Crippen LogP contribution in [0.4, 0.5) is 5.82 Å². The van der Waals surface area contributed by atoms with Gasteiger partial charge in [0.15, 0.2) is 0 Å². The fourth-order valence-corrected chi connectivity index (χ4v) is 2.89. The Kier molecular flexibility index (Phi) is 4.87. The van der Waals surface area contributed by atoms with Crippen molar-refractivity contribution in [2.24, 2.45) is 0 Å². The van der Waals surface area contributed by atoms with Gasteiger partial charge in [-0.25, -0.2) is 4.98 Å². The Hall–Kier alpha value is -1.23. The molecule has 1 saturated heterocycles. The molecule has 2 N–H and O–H groups in total. The van der Waals surface area contributed by atoms with Crippen molar-refractivity contribution in [2.45, 2.75) is 25.0 Å². The highest BCUT2D eigenvalue weighted by molar-refractivity contribution is 7.99. The van der Waals surface area contributed by atoms with E-state index in [0.717, 1.165) is 37.4 Å². The summed E-state index contributed by atoms with van der Waals surface area (Å²) in [4.78, 5) is 18.1. The Morgan fingerprint density at radius 2 is 2.11 bits per heavy atom. The molecule has 18 heavy (non-hydrogen) atoms. The molecule has 0 unspecified atom stereocenters. The summed E-state index contributed by atoms with van der Waals surface area (Å²) in [6.07, 6.45) is 3.55. The van der Waals surface area contributed by atoms with Gasteiger partial charge in [-0.3, -0.25) is 4.79 Å². The van der Waals surface area contributed by atoms with Gasteiger partial charge in [-0.2, -0.15) is 0 Å². The first-order valence-electron chi connectivity index (χ1n) is 6.32. The van der Waals surface area contributed by atoms with Gasteiger partial charge in [0.05, 0.1) is 11.4 Å². The first-order valence-corrected chi connectivity index (χ1v) is 7.48. The third-order valence-electron chi connectivity index (χ3n) is 3.01. The van der Waals surface area contributed by atoms with Gasteiger partial charge in [0, 0.05) is 18.8 Å². The van der Waals surface area contributed by atoms with E-state index in [9.17, 15) is 4.79 Å². The van der Waals surface area contributed by atoms with Gasteiger partial charge >= 0.3 is 0 Å². The summed E-state index contributed by atoms with van der Waals surface area (Å²) >= 11 is 1.61. The topological polar surface area (TPSA) is 59.2 Å². The Labute approximate surface area is 112 Å². The van der Waals surface area contributed by atoms with E-state index in [1.165, 1.54) is 6.42 Å². The van der Waals surface area contributed by atoms with E-state index in [-0.39, 0.29) is 5.91 Å². The molecule has 0 radical (unpaired) electrons. The summed E-state index contributed by atoms with van der Waals surface area (Å²) in [5.74, 6) is 2.07. The molecular formula is C13H19N3OS. The van der Waals surface area contributed by atoms with E-state index in [0.29, 0.717) is 11.6 Å². The van der Waals surface area contributed by atoms with Crippen LogP contribution in [-0.2, 0) is 10.5 Å². The molecule has 1 aliphatic heterocycles. The number of nitrogen functional groups attached to an aromatic ring is 1. The minimum absolute atomic E-state index is 0.253. The highest BCUT2D eigenvalue weighted by atomic mass is 32.2. The molecule has 2 rings (SSSR count). The molecule has 0 bridgehead atoms. The highest BCUT2D eigenvalue weighted by Crippen LogP contribution is 2.14. The van der Waals surface area contributed by atoms with Crippen LogP contribution in [0.2, 0.25) is 0 Å². The number of carbonyl (C=O) groups excluding carboxylic acids is 1. The molecule has 2 heterocycles. The quantitative estimate of drug-likeness (QED) is 0.903. The van der Waals surface area contributed by atoms with E-state index in [1.54, 1.807) is 17.8 Å². The summed E-state index contributed by atoms with van der Waals surface area (Å²) in [6.45, 7) is 1.85. The second kappa shape index (κ2) is 6.64. The molecule has 1 aromatic rings. The lowest BCUT2D eigenvalue weighted by Gasteiger charge is -2.26. The van der Waals surface area contributed by atoms with Crippen molar-refractivity contribution in [1.29, 1.82) is 0 Å². The zero-order valence-corrected chi connectivity index (χ0v) is 11.3. The number of amides is 1. The zero-order chi connectivity index (χ0) is 12.8. The Bertz CT molecular complexity index is 405. The van der Waals surface area contributed by atoms with Crippen LogP contribution < -0.4 is 5.73 Å². The molecule has 1 fully saturated rings. The average molecular weight is 265 g/mol. The summed E-state index contributed by atoms with van der Waals surface area (Å²) in [6, 6.07) is 5.60. The maximum Gasteiger partial charge on any atom is 0.232 e. The summed E-state index contributed by atoms with van der Waals surface area (Å²) in [7, 11) is 0. The molecule has 1 amide bonds. The normalized spacial score (nSPS) is 15.7. The number of pyridine rings is 1. The fraction of sp³-hybridized carbons (Fsp3) is 0.538. The number of anilines is 1. The molecule has 0 aromatic carbocycles. The lowest BCUT2D eigenvalue weighted by Crippen LogP contribution is -2.36. The summed E-state index contributed by atoms with van der Waals surface area (Å²) in [5.41, 5.74) is 6.55. The van der Waals surface area contributed by atoms with Gasteiger partial charge in [-0.1, -0.05) is 6.07 Å². The van der Waals surface area contributed by atoms with Crippen molar-refractivity contribution in [3.63, 3.8) is 0 Å². The minimum Gasteiger partial charge on any atom is -0.384 e. The van der Waals surface area contributed by atoms with Gasteiger partial charge in [0.25, 0.3) is 0 Å². The smallest absolute Gasteiger partial charge is 0.232 e. The van der Waals surface area contributed by atoms with Gasteiger partial charge in [0.2, 0.25) is 5.91 Å². The molecule has 1 aromatic heterocycles. The number of nitrogens with two attached hydrogens (primary N) is 1. The molecule has 1 aliphatic rings. The van der Waals surface area contributed by atoms with Gasteiger partial charge < -0.3 is 10.6 Å². The van der Waals surface area contributed by atoms with Gasteiger partial charge in [-0.15, -0.1) is 11.8 Å². The van der Waals surface area contributed by atoms with Crippen LogP contribution in [0.25, 0.3) is 0 Å². The number of piperidine rings is 1. The van der Waals surface area contributed by atoms with Crippen LogP contribution in [-0.4, -0.2) is 34.6 Å². The number of aromatic nitrogens is 1. The first-order chi connectivity index (χ1) is 8.75. The molecule has 0 saturated carbocycles. The Morgan fingerprint density at radius 3 is 2.83 bits per heavy atom. The molecule has 98 valence electrons.